The monoisotopic (exact) mass is 233 g/mol. The predicted molar refractivity (Wildman–Crippen MR) is 67.1 cm³/mol. The quantitative estimate of drug-likeness (QED) is 0.851. The van der Waals surface area contributed by atoms with Gasteiger partial charge in [-0.25, -0.2) is 9.50 Å². The zero-order valence-corrected chi connectivity index (χ0v) is 10.6. The Balaban J connectivity index is 2.46. The minimum Gasteiger partial charge on any atom is -0.319 e. The van der Waals surface area contributed by atoms with Gasteiger partial charge < -0.3 is 5.32 Å². The minimum absolute atomic E-state index is 0.455. The first-order valence-corrected chi connectivity index (χ1v) is 6.08. The van der Waals surface area contributed by atoms with Gasteiger partial charge in [0.1, 0.15) is 6.33 Å². The van der Waals surface area contributed by atoms with Crippen molar-refractivity contribution in [2.24, 2.45) is 0 Å². The van der Waals surface area contributed by atoms with Crippen molar-refractivity contribution in [3.05, 3.63) is 23.8 Å². The summed E-state index contributed by atoms with van der Waals surface area (Å²) in [6.07, 6.45) is 3.86. The average Bonchev–Trinajstić information content (AvgIpc) is 2.75. The second kappa shape index (κ2) is 5.23. The molecule has 2 rings (SSSR count). The first kappa shape index (κ1) is 12.0. The van der Waals surface area contributed by atoms with Crippen LogP contribution in [-0.2, 0) is 0 Å². The van der Waals surface area contributed by atoms with Gasteiger partial charge >= 0.3 is 0 Å². The van der Waals surface area contributed by atoms with Crippen LogP contribution in [0.2, 0.25) is 0 Å². The summed E-state index contributed by atoms with van der Waals surface area (Å²) in [5.74, 6) is 1.15. The lowest BCUT2D eigenvalue weighted by molar-refractivity contribution is 0.549. The lowest BCUT2D eigenvalue weighted by atomic mass is 9.99. The second-order valence-corrected chi connectivity index (χ2v) is 4.34. The summed E-state index contributed by atoms with van der Waals surface area (Å²) in [4.78, 5) is 8.53. The Bertz CT molecular complexity index is 485. The van der Waals surface area contributed by atoms with Gasteiger partial charge in [0.25, 0.3) is 5.78 Å². The zero-order valence-electron chi connectivity index (χ0n) is 10.6. The van der Waals surface area contributed by atoms with Gasteiger partial charge in [-0.15, -0.1) is 0 Å². The fourth-order valence-corrected chi connectivity index (χ4v) is 2.20. The van der Waals surface area contributed by atoms with Crippen LogP contribution >= 0.6 is 0 Å². The normalized spacial score (nSPS) is 13.1. The standard InChI is InChI=1S/C12H19N5/c1-4-5-10(7-13-3)11-6-9(2)16-12-14-8-15-17(11)12/h6,8,10,13H,4-5,7H2,1-3H3. The van der Waals surface area contributed by atoms with Crippen molar-refractivity contribution in [2.75, 3.05) is 13.6 Å². The van der Waals surface area contributed by atoms with Crippen molar-refractivity contribution < 1.29 is 0 Å². The number of nitrogens with one attached hydrogen (secondary N) is 1. The van der Waals surface area contributed by atoms with Crippen LogP contribution in [0.15, 0.2) is 12.4 Å². The number of hydrogen-bond acceptors (Lipinski definition) is 4. The minimum atomic E-state index is 0.455. The van der Waals surface area contributed by atoms with Crippen molar-refractivity contribution in [3.63, 3.8) is 0 Å². The van der Waals surface area contributed by atoms with Gasteiger partial charge in [0.15, 0.2) is 0 Å². The molecule has 0 fully saturated rings. The average molecular weight is 233 g/mol. The van der Waals surface area contributed by atoms with Crippen molar-refractivity contribution in [1.29, 1.82) is 0 Å². The van der Waals surface area contributed by atoms with Gasteiger partial charge in [0.2, 0.25) is 0 Å². The third-order valence-electron chi connectivity index (χ3n) is 2.91. The highest BCUT2D eigenvalue weighted by Gasteiger charge is 2.15. The third-order valence-corrected chi connectivity index (χ3v) is 2.91. The van der Waals surface area contributed by atoms with Crippen LogP contribution in [0.4, 0.5) is 0 Å². The Morgan fingerprint density at radius 2 is 2.29 bits per heavy atom. The van der Waals surface area contributed by atoms with E-state index in [1.807, 2.05) is 18.5 Å². The summed E-state index contributed by atoms with van der Waals surface area (Å²) in [5, 5.41) is 7.51. The summed E-state index contributed by atoms with van der Waals surface area (Å²) in [6.45, 7) is 5.15. The number of likely N-dealkylation sites (N-methyl/N-ethyl adjacent to an activating group) is 1. The van der Waals surface area contributed by atoms with Crippen LogP contribution in [0.25, 0.3) is 5.78 Å². The molecular weight excluding hydrogens is 214 g/mol. The summed E-state index contributed by atoms with van der Waals surface area (Å²) < 4.78 is 1.85. The Hall–Kier alpha value is -1.49. The fraction of sp³-hybridized carbons (Fsp3) is 0.583. The summed E-state index contributed by atoms with van der Waals surface area (Å²) in [5.41, 5.74) is 2.19. The van der Waals surface area contributed by atoms with E-state index in [1.165, 1.54) is 5.69 Å². The number of rotatable bonds is 5. The topological polar surface area (TPSA) is 55.1 Å². The van der Waals surface area contributed by atoms with Crippen molar-refractivity contribution in [2.45, 2.75) is 32.6 Å². The first-order chi connectivity index (χ1) is 8.26. The van der Waals surface area contributed by atoms with Crippen LogP contribution in [0.1, 0.15) is 37.1 Å². The molecule has 0 aromatic carbocycles. The molecule has 0 aliphatic rings. The molecule has 2 aromatic heterocycles. The third kappa shape index (κ3) is 2.44. The Labute approximate surface area is 101 Å². The van der Waals surface area contributed by atoms with Gasteiger partial charge in [-0.2, -0.15) is 10.1 Å². The molecule has 0 spiro atoms. The molecule has 2 heterocycles. The van der Waals surface area contributed by atoms with Gasteiger partial charge in [-0.1, -0.05) is 13.3 Å². The van der Waals surface area contributed by atoms with Crippen molar-refractivity contribution >= 4 is 5.78 Å². The Morgan fingerprint density at radius 3 is 3.00 bits per heavy atom. The number of nitrogens with zero attached hydrogens (tertiary/aromatic N) is 4. The van der Waals surface area contributed by atoms with E-state index in [-0.39, 0.29) is 0 Å². The number of aryl methyl sites for hydroxylation is 1. The van der Waals surface area contributed by atoms with Gasteiger partial charge in [0.05, 0.1) is 5.69 Å². The molecule has 0 radical (unpaired) electrons. The lowest BCUT2D eigenvalue weighted by Crippen LogP contribution is -2.20. The summed E-state index contributed by atoms with van der Waals surface area (Å²) in [6, 6.07) is 2.11. The maximum atomic E-state index is 4.37. The SMILES string of the molecule is CCCC(CNC)c1cc(C)nc2ncnn12. The van der Waals surface area contributed by atoms with Gasteiger partial charge in [0, 0.05) is 18.2 Å². The Kier molecular flexibility index (Phi) is 3.68. The van der Waals surface area contributed by atoms with E-state index in [0.29, 0.717) is 11.7 Å². The van der Waals surface area contributed by atoms with E-state index in [9.17, 15) is 0 Å². The molecule has 1 atom stereocenters. The largest absolute Gasteiger partial charge is 0.319 e. The second-order valence-electron chi connectivity index (χ2n) is 4.34. The number of hydrogen-bond donors (Lipinski definition) is 1. The van der Waals surface area contributed by atoms with Crippen LogP contribution in [0, 0.1) is 6.92 Å². The molecule has 0 aliphatic heterocycles. The van der Waals surface area contributed by atoms with Crippen LogP contribution < -0.4 is 5.32 Å². The smallest absolute Gasteiger partial charge is 0.252 e. The molecule has 0 saturated heterocycles. The maximum absolute atomic E-state index is 4.37. The predicted octanol–water partition coefficient (Wildman–Crippen LogP) is 1.54. The molecule has 0 amide bonds. The molecule has 92 valence electrons. The van der Waals surface area contributed by atoms with Gasteiger partial charge in [-0.05, 0) is 26.5 Å². The Morgan fingerprint density at radius 1 is 1.47 bits per heavy atom. The molecule has 0 aliphatic carbocycles. The lowest BCUT2D eigenvalue weighted by Gasteiger charge is -2.17. The molecule has 1 N–H and O–H groups in total. The van der Waals surface area contributed by atoms with E-state index in [4.69, 9.17) is 0 Å². The zero-order chi connectivity index (χ0) is 12.3. The van der Waals surface area contributed by atoms with Crippen molar-refractivity contribution in [1.82, 2.24) is 24.9 Å². The molecule has 5 heteroatoms. The van der Waals surface area contributed by atoms with Crippen LogP contribution in [-0.4, -0.2) is 33.2 Å². The van der Waals surface area contributed by atoms with E-state index in [0.717, 1.165) is 25.1 Å². The summed E-state index contributed by atoms with van der Waals surface area (Å²) in [7, 11) is 1.98. The molecule has 5 nitrogen and oxygen atoms in total. The van der Waals surface area contributed by atoms with E-state index in [2.05, 4.69) is 33.4 Å². The number of fused-ring (bicyclic) bond motifs is 1. The highest BCUT2D eigenvalue weighted by atomic mass is 15.3. The van der Waals surface area contributed by atoms with E-state index >= 15 is 0 Å². The van der Waals surface area contributed by atoms with E-state index in [1.54, 1.807) is 6.33 Å². The van der Waals surface area contributed by atoms with Crippen LogP contribution in [0.5, 0.6) is 0 Å². The molecule has 1 unspecified atom stereocenters. The highest BCUT2D eigenvalue weighted by Crippen LogP contribution is 2.21. The van der Waals surface area contributed by atoms with Crippen LogP contribution in [0.3, 0.4) is 0 Å². The molecule has 0 bridgehead atoms. The number of aromatic nitrogens is 4. The molecular formula is C12H19N5. The van der Waals surface area contributed by atoms with E-state index < -0.39 is 0 Å². The van der Waals surface area contributed by atoms with Crippen molar-refractivity contribution in [3.8, 4) is 0 Å². The molecule has 17 heavy (non-hydrogen) atoms. The molecule has 0 saturated carbocycles. The summed E-state index contributed by atoms with van der Waals surface area (Å²) >= 11 is 0. The highest BCUT2D eigenvalue weighted by molar-refractivity contribution is 5.31. The van der Waals surface area contributed by atoms with Gasteiger partial charge in [-0.3, -0.25) is 0 Å². The first-order valence-electron chi connectivity index (χ1n) is 6.08. The fourth-order valence-electron chi connectivity index (χ4n) is 2.20. The molecule has 2 aromatic rings. The maximum Gasteiger partial charge on any atom is 0.252 e.